The van der Waals surface area contributed by atoms with Crippen molar-refractivity contribution in [3.8, 4) is 0 Å². The minimum atomic E-state index is 0.0108. The zero-order valence-electron chi connectivity index (χ0n) is 8.21. The van der Waals surface area contributed by atoms with Gasteiger partial charge in [-0.15, -0.1) is 0 Å². The summed E-state index contributed by atoms with van der Waals surface area (Å²) in [6.45, 7) is 1.55. The molecule has 0 spiro atoms. The Balaban J connectivity index is 2.59. The van der Waals surface area contributed by atoms with Gasteiger partial charge in [0.1, 0.15) is 0 Å². The lowest BCUT2D eigenvalue weighted by Gasteiger charge is -2.10. The maximum absolute atomic E-state index is 11.0. The molecule has 2 rings (SSSR count). The second-order valence-electron chi connectivity index (χ2n) is 3.49. The van der Waals surface area contributed by atoms with Gasteiger partial charge in [0.15, 0.2) is 0 Å². The largest absolute Gasteiger partial charge is 0.329 e. The number of nitrogens with one attached hydrogen (secondary N) is 1. The predicted octanol–water partition coefficient (Wildman–Crippen LogP) is 0.505. The average molecular weight is 187 g/mol. The Morgan fingerprint density at radius 1 is 1.36 bits per heavy atom. The summed E-state index contributed by atoms with van der Waals surface area (Å²) in [5.41, 5.74) is 1.05. The van der Waals surface area contributed by atoms with Gasteiger partial charge in [-0.25, -0.2) is 0 Å². The van der Waals surface area contributed by atoms with E-state index in [9.17, 15) is 4.79 Å². The minimum absolute atomic E-state index is 0.0108. The van der Waals surface area contributed by atoms with Gasteiger partial charge in [0.05, 0.1) is 0 Å². The van der Waals surface area contributed by atoms with Gasteiger partial charge in [0.2, 0.25) is 5.91 Å². The highest BCUT2D eigenvalue weighted by atomic mass is 16.1. The van der Waals surface area contributed by atoms with Crippen LogP contribution in [0.1, 0.15) is 19.8 Å². The van der Waals surface area contributed by atoms with Crippen molar-refractivity contribution < 1.29 is 4.79 Å². The lowest BCUT2D eigenvalue weighted by Crippen LogP contribution is -2.35. The van der Waals surface area contributed by atoms with Crippen LogP contribution in [0.2, 0.25) is 0 Å². The van der Waals surface area contributed by atoms with E-state index in [4.69, 9.17) is 0 Å². The molecule has 0 aromatic heterocycles. The maximum Gasteiger partial charge on any atom is 0.221 e. The number of hydrogen-bond donors (Lipinski definition) is 1. The van der Waals surface area contributed by atoms with Crippen LogP contribution in [-0.2, 0) is 4.79 Å². The molecular weight excluding hydrogens is 174 g/mol. The minimum Gasteiger partial charge on any atom is -0.329 e. The highest BCUT2D eigenvalue weighted by Gasteiger charge is 2.04. The van der Waals surface area contributed by atoms with Gasteiger partial charge in [-0.1, -0.05) is 30.3 Å². The molecule has 72 valence electrons. The molecule has 1 aliphatic rings. The van der Waals surface area contributed by atoms with Crippen LogP contribution in [0, 0.1) is 0 Å². The number of hydrogen-bond acceptors (Lipinski definition) is 1. The molecule has 2 nitrogen and oxygen atoms in total. The van der Waals surface area contributed by atoms with Crippen molar-refractivity contribution in [2.75, 3.05) is 0 Å². The van der Waals surface area contributed by atoms with Gasteiger partial charge in [0, 0.05) is 17.8 Å². The van der Waals surface area contributed by atoms with E-state index in [1.807, 2.05) is 12.1 Å². The van der Waals surface area contributed by atoms with Gasteiger partial charge in [-0.05, 0) is 18.1 Å². The molecule has 0 saturated heterocycles. The normalized spacial score (nSPS) is 14.2. The van der Waals surface area contributed by atoms with Crippen molar-refractivity contribution in [2.45, 2.75) is 19.8 Å². The summed E-state index contributed by atoms with van der Waals surface area (Å²) >= 11 is 0. The molecule has 2 heteroatoms. The zero-order chi connectivity index (χ0) is 9.97. The van der Waals surface area contributed by atoms with Crippen molar-refractivity contribution in [1.82, 2.24) is 5.32 Å². The summed E-state index contributed by atoms with van der Waals surface area (Å²) in [4.78, 5) is 11.0. The Kier molecular flexibility index (Phi) is 2.35. The lowest BCUT2D eigenvalue weighted by atomic mass is 10.0. The highest BCUT2D eigenvalue weighted by molar-refractivity contribution is 5.80. The number of amides is 1. The van der Waals surface area contributed by atoms with Crippen molar-refractivity contribution in [3.63, 3.8) is 0 Å². The first-order chi connectivity index (χ1) is 6.77. The third kappa shape index (κ3) is 1.69. The number of fused-ring (bicyclic) bond motifs is 1. The van der Waals surface area contributed by atoms with Crippen LogP contribution in [0.3, 0.4) is 0 Å². The number of rotatable bonds is 1. The van der Waals surface area contributed by atoms with Crippen LogP contribution in [0.5, 0.6) is 0 Å². The van der Waals surface area contributed by atoms with Gasteiger partial charge >= 0.3 is 0 Å². The molecule has 1 aromatic rings. The van der Waals surface area contributed by atoms with E-state index < -0.39 is 0 Å². The van der Waals surface area contributed by atoms with E-state index in [2.05, 4.69) is 23.5 Å². The molecular formula is C12H13NO. The number of carbonyl (C=O) groups excluding carboxylic acids is 1. The summed E-state index contributed by atoms with van der Waals surface area (Å²) in [5, 5.41) is 5.28. The van der Waals surface area contributed by atoms with E-state index in [0.29, 0.717) is 0 Å². The van der Waals surface area contributed by atoms with E-state index >= 15 is 0 Å². The maximum atomic E-state index is 11.0. The van der Waals surface area contributed by atoms with Crippen molar-refractivity contribution in [2.24, 2.45) is 0 Å². The van der Waals surface area contributed by atoms with Crippen LogP contribution >= 0.6 is 0 Å². The molecule has 0 bridgehead atoms. The first-order valence-corrected chi connectivity index (χ1v) is 4.83. The van der Waals surface area contributed by atoms with Crippen molar-refractivity contribution in [3.05, 3.63) is 34.7 Å². The van der Waals surface area contributed by atoms with E-state index in [1.54, 1.807) is 6.92 Å². The summed E-state index contributed by atoms with van der Waals surface area (Å²) in [6, 6.07) is 8.15. The summed E-state index contributed by atoms with van der Waals surface area (Å²) in [5.74, 6) is 0.0108. The monoisotopic (exact) mass is 187 g/mol. The first kappa shape index (κ1) is 9.00. The van der Waals surface area contributed by atoms with Crippen LogP contribution in [0.15, 0.2) is 24.3 Å². The van der Waals surface area contributed by atoms with E-state index in [-0.39, 0.29) is 5.91 Å². The Morgan fingerprint density at radius 3 is 2.93 bits per heavy atom. The lowest BCUT2D eigenvalue weighted by molar-refractivity contribution is -0.117. The van der Waals surface area contributed by atoms with Crippen LogP contribution in [0.25, 0.3) is 11.8 Å². The smallest absolute Gasteiger partial charge is 0.221 e. The fourth-order valence-corrected chi connectivity index (χ4v) is 1.80. The first-order valence-electron chi connectivity index (χ1n) is 4.83. The molecule has 1 N–H and O–H groups in total. The number of carbonyl (C=O) groups is 1. The molecule has 0 aliphatic heterocycles. The molecule has 1 aliphatic carbocycles. The third-order valence-corrected chi connectivity index (χ3v) is 2.37. The van der Waals surface area contributed by atoms with E-state index in [0.717, 1.165) is 23.8 Å². The summed E-state index contributed by atoms with van der Waals surface area (Å²) in [6.07, 6.45) is 4.14. The van der Waals surface area contributed by atoms with Crippen LogP contribution < -0.4 is 15.8 Å². The SMILES string of the molecule is CC(=O)NC1=c2ccccc2=CCC1. The molecule has 0 atom stereocenters. The predicted molar refractivity (Wildman–Crippen MR) is 56.6 cm³/mol. The Morgan fingerprint density at radius 2 is 2.14 bits per heavy atom. The molecule has 0 saturated carbocycles. The molecule has 0 unspecified atom stereocenters. The fourth-order valence-electron chi connectivity index (χ4n) is 1.80. The molecule has 0 fully saturated rings. The highest BCUT2D eigenvalue weighted by Crippen LogP contribution is 2.03. The van der Waals surface area contributed by atoms with E-state index in [1.165, 1.54) is 5.22 Å². The second-order valence-corrected chi connectivity index (χ2v) is 3.49. The quantitative estimate of drug-likeness (QED) is 0.681. The Bertz CT molecular complexity index is 473. The fraction of sp³-hybridized carbons (Fsp3) is 0.250. The molecule has 0 radical (unpaired) electrons. The van der Waals surface area contributed by atoms with Crippen LogP contribution in [-0.4, -0.2) is 5.91 Å². The molecule has 0 heterocycles. The topological polar surface area (TPSA) is 29.1 Å². The van der Waals surface area contributed by atoms with Gasteiger partial charge in [-0.2, -0.15) is 0 Å². The van der Waals surface area contributed by atoms with Crippen molar-refractivity contribution in [1.29, 1.82) is 0 Å². The van der Waals surface area contributed by atoms with Crippen molar-refractivity contribution >= 4 is 17.7 Å². The third-order valence-electron chi connectivity index (χ3n) is 2.37. The van der Waals surface area contributed by atoms with Gasteiger partial charge in [-0.3, -0.25) is 4.79 Å². The van der Waals surface area contributed by atoms with Gasteiger partial charge < -0.3 is 5.32 Å². The molecule has 14 heavy (non-hydrogen) atoms. The van der Waals surface area contributed by atoms with Gasteiger partial charge in [0.25, 0.3) is 0 Å². The second kappa shape index (κ2) is 3.66. The molecule has 1 aromatic carbocycles. The number of benzene rings is 1. The Hall–Kier alpha value is -1.57. The van der Waals surface area contributed by atoms with Crippen LogP contribution in [0.4, 0.5) is 0 Å². The average Bonchev–Trinajstić information content (AvgIpc) is 2.18. The zero-order valence-corrected chi connectivity index (χ0v) is 8.21. The Labute approximate surface area is 82.9 Å². The summed E-state index contributed by atoms with van der Waals surface area (Å²) in [7, 11) is 0. The molecule has 1 amide bonds. The summed E-state index contributed by atoms with van der Waals surface area (Å²) < 4.78 is 0. The standard InChI is InChI=1S/C12H13NO/c1-9(14)13-12-8-4-6-10-5-2-3-7-11(10)12/h2-3,5-7H,4,8H2,1H3,(H,13,14).